The van der Waals surface area contributed by atoms with Crippen molar-refractivity contribution in [2.24, 2.45) is 0 Å². The molecule has 0 fully saturated rings. The van der Waals surface area contributed by atoms with Crippen LogP contribution in [0.1, 0.15) is 5.56 Å². The highest BCUT2D eigenvalue weighted by atomic mass is 32.1. The molecule has 2 N–H and O–H groups in total. The van der Waals surface area contributed by atoms with Crippen LogP contribution in [-0.4, -0.2) is 17.0 Å². The highest BCUT2D eigenvalue weighted by Gasteiger charge is 2.11. The Balaban J connectivity index is 1.94. The third-order valence-corrected chi connectivity index (χ3v) is 3.95. The molecular formula is C14H14N4S. The Hall–Kier alpha value is -2.14. The van der Waals surface area contributed by atoms with E-state index in [4.69, 9.17) is 5.73 Å². The van der Waals surface area contributed by atoms with Crippen LogP contribution in [0.25, 0.3) is 10.2 Å². The number of hydrogen-bond donors (Lipinski definition) is 1. The zero-order chi connectivity index (χ0) is 13.2. The van der Waals surface area contributed by atoms with Crippen molar-refractivity contribution in [2.75, 3.05) is 17.7 Å². The van der Waals surface area contributed by atoms with Crippen molar-refractivity contribution < 1.29 is 0 Å². The fourth-order valence-electron chi connectivity index (χ4n) is 2.06. The second-order valence-electron chi connectivity index (χ2n) is 4.39. The minimum absolute atomic E-state index is 0.733. The number of rotatable bonds is 3. The molecule has 0 aliphatic rings. The van der Waals surface area contributed by atoms with E-state index in [1.54, 1.807) is 17.7 Å². The van der Waals surface area contributed by atoms with E-state index in [9.17, 15) is 0 Å². The number of benzene rings is 1. The third kappa shape index (κ3) is 2.24. The lowest BCUT2D eigenvalue weighted by Gasteiger charge is -2.19. The van der Waals surface area contributed by atoms with Crippen molar-refractivity contribution in [3.05, 3.63) is 47.6 Å². The maximum atomic E-state index is 5.98. The standard InChI is InChI=1S/C14H14N4S/c1-18(8-10-4-2-3-5-11(10)15)14-13-12(6-7-19-13)16-9-17-14/h2-7,9H,8,15H2,1H3. The van der Waals surface area contributed by atoms with Crippen LogP contribution >= 0.6 is 11.3 Å². The second-order valence-corrected chi connectivity index (χ2v) is 5.30. The van der Waals surface area contributed by atoms with Crippen LogP contribution in [0.5, 0.6) is 0 Å². The van der Waals surface area contributed by atoms with E-state index in [1.807, 2.05) is 42.8 Å². The summed E-state index contributed by atoms with van der Waals surface area (Å²) >= 11 is 1.66. The molecular weight excluding hydrogens is 256 g/mol. The molecule has 2 aromatic heterocycles. The average Bonchev–Trinajstić information content (AvgIpc) is 2.89. The van der Waals surface area contributed by atoms with Gasteiger partial charge in [-0.25, -0.2) is 9.97 Å². The molecule has 0 atom stereocenters. The Morgan fingerprint density at radius 1 is 1.21 bits per heavy atom. The van der Waals surface area contributed by atoms with E-state index < -0.39 is 0 Å². The summed E-state index contributed by atoms with van der Waals surface area (Å²) in [6, 6.07) is 9.92. The van der Waals surface area contributed by atoms with Gasteiger partial charge in [0, 0.05) is 19.3 Å². The first-order chi connectivity index (χ1) is 9.25. The third-order valence-electron chi connectivity index (χ3n) is 3.05. The molecule has 5 heteroatoms. The molecule has 0 unspecified atom stereocenters. The number of nitrogens with zero attached hydrogens (tertiary/aromatic N) is 3. The van der Waals surface area contributed by atoms with E-state index in [-0.39, 0.29) is 0 Å². The van der Waals surface area contributed by atoms with Gasteiger partial charge in [0.15, 0.2) is 0 Å². The monoisotopic (exact) mass is 270 g/mol. The summed E-state index contributed by atoms with van der Waals surface area (Å²) < 4.78 is 1.11. The molecule has 0 radical (unpaired) electrons. The first-order valence-corrected chi connectivity index (χ1v) is 6.86. The van der Waals surface area contributed by atoms with Gasteiger partial charge in [0.1, 0.15) is 12.1 Å². The largest absolute Gasteiger partial charge is 0.398 e. The van der Waals surface area contributed by atoms with E-state index in [2.05, 4.69) is 14.9 Å². The van der Waals surface area contributed by atoms with Crippen LogP contribution in [0.4, 0.5) is 11.5 Å². The Kier molecular flexibility index (Phi) is 3.05. The van der Waals surface area contributed by atoms with Crippen LogP contribution < -0.4 is 10.6 Å². The van der Waals surface area contributed by atoms with E-state index >= 15 is 0 Å². The lowest BCUT2D eigenvalue weighted by Crippen LogP contribution is -2.18. The van der Waals surface area contributed by atoms with Gasteiger partial charge >= 0.3 is 0 Å². The zero-order valence-corrected chi connectivity index (χ0v) is 11.4. The van der Waals surface area contributed by atoms with Gasteiger partial charge in [0.2, 0.25) is 0 Å². The average molecular weight is 270 g/mol. The van der Waals surface area contributed by atoms with Crippen LogP contribution in [-0.2, 0) is 6.54 Å². The Morgan fingerprint density at radius 2 is 2.05 bits per heavy atom. The number of anilines is 2. The number of nitrogen functional groups attached to an aromatic ring is 1. The van der Waals surface area contributed by atoms with Crippen molar-refractivity contribution in [3.63, 3.8) is 0 Å². The van der Waals surface area contributed by atoms with E-state index in [1.165, 1.54) is 0 Å². The fourth-order valence-corrected chi connectivity index (χ4v) is 2.94. The number of fused-ring (bicyclic) bond motifs is 1. The quantitative estimate of drug-likeness (QED) is 0.743. The minimum atomic E-state index is 0.733. The molecule has 4 nitrogen and oxygen atoms in total. The molecule has 3 aromatic rings. The molecule has 19 heavy (non-hydrogen) atoms. The van der Waals surface area contributed by atoms with Crippen molar-refractivity contribution >= 4 is 33.1 Å². The van der Waals surface area contributed by atoms with Crippen molar-refractivity contribution in [3.8, 4) is 0 Å². The summed E-state index contributed by atoms with van der Waals surface area (Å²) in [5, 5.41) is 2.04. The number of nitrogens with two attached hydrogens (primary N) is 1. The predicted octanol–water partition coefficient (Wildman–Crippen LogP) is 2.91. The molecule has 96 valence electrons. The number of thiophene rings is 1. The number of para-hydroxylation sites is 1. The molecule has 3 rings (SSSR count). The summed E-state index contributed by atoms with van der Waals surface area (Å²) in [7, 11) is 2.02. The van der Waals surface area contributed by atoms with Crippen molar-refractivity contribution in [1.82, 2.24) is 9.97 Å². The Labute approximate surface area is 115 Å². The van der Waals surface area contributed by atoms with Gasteiger partial charge in [0.25, 0.3) is 0 Å². The molecule has 0 bridgehead atoms. The lowest BCUT2D eigenvalue weighted by atomic mass is 10.2. The van der Waals surface area contributed by atoms with Crippen molar-refractivity contribution in [2.45, 2.75) is 6.54 Å². The predicted molar refractivity (Wildman–Crippen MR) is 80.4 cm³/mol. The topological polar surface area (TPSA) is 55.0 Å². The molecule has 2 heterocycles. The second kappa shape index (κ2) is 4.85. The first-order valence-electron chi connectivity index (χ1n) is 5.98. The summed E-state index contributed by atoms with van der Waals surface area (Å²) in [6.45, 7) is 0.733. The van der Waals surface area contributed by atoms with Gasteiger partial charge in [-0.2, -0.15) is 0 Å². The van der Waals surface area contributed by atoms with Crippen molar-refractivity contribution in [1.29, 1.82) is 0 Å². The molecule has 0 amide bonds. The fraction of sp³-hybridized carbons (Fsp3) is 0.143. The summed E-state index contributed by atoms with van der Waals surface area (Å²) in [6.07, 6.45) is 1.61. The van der Waals surface area contributed by atoms with Gasteiger partial charge < -0.3 is 10.6 Å². The van der Waals surface area contributed by atoms with E-state index in [0.717, 1.165) is 33.8 Å². The maximum absolute atomic E-state index is 5.98. The molecule has 0 aliphatic heterocycles. The Bertz CT molecular complexity index is 707. The molecule has 0 aliphatic carbocycles. The van der Waals surface area contributed by atoms with Gasteiger partial charge in [-0.15, -0.1) is 11.3 Å². The van der Waals surface area contributed by atoms with Gasteiger partial charge in [0.05, 0.1) is 10.2 Å². The zero-order valence-electron chi connectivity index (χ0n) is 10.6. The van der Waals surface area contributed by atoms with Crippen LogP contribution in [0.3, 0.4) is 0 Å². The lowest BCUT2D eigenvalue weighted by molar-refractivity contribution is 0.904. The molecule has 0 spiro atoms. The minimum Gasteiger partial charge on any atom is -0.398 e. The highest BCUT2D eigenvalue weighted by Crippen LogP contribution is 2.28. The molecule has 0 saturated heterocycles. The smallest absolute Gasteiger partial charge is 0.150 e. The van der Waals surface area contributed by atoms with Gasteiger partial charge in [-0.05, 0) is 23.1 Å². The first kappa shape index (κ1) is 11.9. The van der Waals surface area contributed by atoms with E-state index in [0.29, 0.717) is 0 Å². The number of aromatic nitrogens is 2. The van der Waals surface area contributed by atoms with Gasteiger partial charge in [-0.3, -0.25) is 0 Å². The molecule has 1 aromatic carbocycles. The van der Waals surface area contributed by atoms with Crippen LogP contribution in [0, 0.1) is 0 Å². The Morgan fingerprint density at radius 3 is 2.89 bits per heavy atom. The summed E-state index contributed by atoms with van der Waals surface area (Å²) in [4.78, 5) is 10.7. The number of hydrogen-bond acceptors (Lipinski definition) is 5. The summed E-state index contributed by atoms with van der Waals surface area (Å²) in [5.74, 6) is 0.947. The molecule has 0 saturated carbocycles. The van der Waals surface area contributed by atoms with Crippen LogP contribution in [0.15, 0.2) is 42.0 Å². The van der Waals surface area contributed by atoms with Gasteiger partial charge in [-0.1, -0.05) is 18.2 Å². The SMILES string of the molecule is CN(Cc1ccccc1N)c1ncnc2ccsc12. The normalized spacial score (nSPS) is 10.8. The highest BCUT2D eigenvalue weighted by molar-refractivity contribution is 7.17. The maximum Gasteiger partial charge on any atom is 0.150 e. The summed E-state index contributed by atoms with van der Waals surface area (Å²) in [5.41, 5.74) is 8.89. The van der Waals surface area contributed by atoms with Crippen LogP contribution in [0.2, 0.25) is 0 Å².